The molecule has 1 aromatic carbocycles. The molecular formula is C12H15NO. The first kappa shape index (κ1) is 9.25. The second kappa shape index (κ2) is 3.45. The maximum atomic E-state index is 11.5. The van der Waals surface area contributed by atoms with E-state index in [1.165, 1.54) is 11.1 Å². The molecule has 74 valence electrons. The van der Waals surface area contributed by atoms with Gasteiger partial charge in [-0.25, -0.2) is 0 Å². The zero-order valence-electron chi connectivity index (χ0n) is 8.63. The van der Waals surface area contributed by atoms with Gasteiger partial charge in [-0.05, 0) is 29.5 Å². The number of carbonyl (C=O) groups is 1. The van der Waals surface area contributed by atoms with Crippen molar-refractivity contribution in [1.29, 1.82) is 0 Å². The highest BCUT2D eigenvalue weighted by Gasteiger charge is 2.19. The number of benzene rings is 1. The topological polar surface area (TPSA) is 29.1 Å². The molecule has 0 saturated heterocycles. The van der Waals surface area contributed by atoms with Crippen molar-refractivity contribution in [2.75, 3.05) is 6.54 Å². The summed E-state index contributed by atoms with van der Waals surface area (Å²) >= 11 is 0. The summed E-state index contributed by atoms with van der Waals surface area (Å²) in [6.07, 6.45) is 0.968. The SMILES string of the molecule is CC(C)c1cccc2c1CCNC2=O. The predicted octanol–water partition coefficient (Wildman–Crippen LogP) is 2.10. The van der Waals surface area contributed by atoms with Crippen molar-refractivity contribution in [3.05, 3.63) is 34.9 Å². The van der Waals surface area contributed by atoms with E-state index >= 15 is 0 Å². The van der Waals surface area contributed by atoms with Gasteiger partial charge in [0.05, 0.1) is 0 Å². The first-order chi connectivity index (χ1) is 6.70. The largest absolute Gasteiger partial charge is 0.352 e. The van der Waals surface area contributed by atoms with Gasteiger partial charge in [0.2, 0.25) is 0 Å². The van der Waals surface area contributed by atoms with Crippen molar-refractivity contribution in [3.63, 3.8) is 0 Å². The van der Waals surface area contributed by atoms with Crippen LogP contribution in [0.25, 0.3) is 0 Å². The van der Waals surface area contributed by atoms with Gasteiger partial charge in [0.25, 0.3) is 5.91 Å². The number of fused-ring (bicyclic) bond motifs is 1. The third-order valence-electron chi connectivity index (χ3n) is 2.74. The fraction of sp³-hybridized carbons (Fsp3) is 0.417. The van der Waals surface area contributed by atoms with Gasteiger partial charge >= 0.3 is 0 Å². The lowest BCUT2D eigenvalue weighted by Gasteiger charge is -2.21. The van der Waals surface area contributed by atoms with Gasteiger partial charge in [0.1, 0.15) is 0 Å². The van der Waals surface area contributed by atoms with Crippen molar-refractivity contribution in [2.45, 2.75) is 26.2 Å². The summed E-state index contributed by atoms with van der Waals surface area (Å²) in [5.41, 5.74) is 3.42. The van der Waals surface area contributed by atoms with E-state index in [9.17, 15) is 4.79 Å². The summed E-state index contributed by atoms with van der Waals surface area (Å²) in [6, 6.07) is 6.01. The smallest absolute Gasteiger partial charge is 0.251 e. The predicted molar refractivity (Wildman–Crippen MR) is 56.6 cm³/mol. The number of hydrogen-bond acceptors (Lipinski definition) is 1. The fourth-order valence-electron chi connectivity index (χ4n) is 2.03. The molecule has 0 bridgehead atoms. The average Bonchev–Trinajstić information content (AvgIpc) is 2.17. The second-order valence-corrected chi connectivity index (χ2v) is 4.03. The molecule has 0 aromatic heterocycles. The molecule has 1 N–H and O–H groups in total. The zero-order chi connectivity index (χ0) is 10.1. The lowest BCUT2D eigenvalue weighted by atomic mass is 9.89. The van der Waals surface area contributed by atoms with E-state index < -0.39 is 0 Å². The van der Waals surface area contributed by atoms with Crippen LogP contribution >= 0.6 is 0 Å². The van der Waals surface area contributed by atoms with E-state index in [-0.39, 0.29) is 5.91 Å². The van der Waals surface area contributed by atoms with Crippen LogP contribution in [0.15, 0.2) is 18.2 Å². The number of nitrogens with one attached hydrogen (secondary N) is 1. The Balaban J connectivity index is 2.55. The molecule has 2 rings (SSSR count). The first-order valence-electron chi connectivity index (χ1n) is 5.10. The van der Waals surface area contributed by atoms with Crippen molar-refractivity contribution in [2.24, 2.45) is 0 Å². The van der Waals surface area contributed by atoms with Crippen LogP contribution in [-0.2, 0) is 6.42 Å². The van der Waals surface area contributed by atoms with Gasteiger partial charge in [0.15, 0.2) is 0 Å². The van der Waals surface area contributed by atoms with Crippen LogP contribution in [0.3, 0.4) is 0 Å². The Morgan fingerprint density at radius 1 is 1.36 bits per heavy atom. The van der Waals surface area contributed by atoms with Crippen LogP contribution in [0.4, 0.5) is 0 Å². The highest BCUT2D eigenvalue weighted by atomic mass is 16.1. The van der Waals surface area contributed by atoms with Crippen molar-refractivity contribution in [3.8, 4) is 0 Å². The quantitative estimate of drug-likeness (QED) is 0.720. The Morgan fingerprint density at radius 3 is 2.86 bits per heavy atom. The molecule has 1 heterocycles. The Morgan fingerprint density at radius 2 is 2.14 bits per heavy atom. The van der Waals surface area contributed by atoms with Gasteiger partial charge in [-0.3, -0.25) is 4.79 Å². The molecule has 0 spiro atoms. The molecule has 0 fully saturated rings. The molecule has 14 heavy (non-hydrogen) atoms. The lowest BCUT2D eigenvalue weighted by molar-refractivity contribution is 0.0946. The molecule has 1 aliphatic heterocycles. The number of rotatable bonds is 1. The Kier molecular flexibility index (Phi) is 2.28. The normalized spacial score (nSPS) is 15.2. The zero-order valence-corrected chi connectivity index (χ0v) is 8.63. The summed E-state index contributed by atoms with van der Waals surface area (Å²) < 4.78 is 0. The van der Waals surface area contributed by atoms with Gasteiger partial charge in [0, 0.05) is 12.1 Å². The molecule has 1 amide bonds. The summed E-state index contributed by atoms with van der Waals surface area (Å²) in [7, 11) is 0. The fourth-order valence-corrected chi connectivity index (χ4v) is 2.03. The van der Waals surface area contributed by atoms with E-state index in [4.69, 9.17) is 0 Å². The van der Waals surface area contributed by atoms with Crippen molar-refractivity contribution < 1.29 is 4.79 Å². The van der Waals surface area contributed by atoms with Crippen LogP contribution in [-0.4, -0.2) is 12.5 Å². The molecule has 2 nitrogen and oxygen atoms in total. The third-order valence-corrected chi connectivity index (χ3v) is 2.74. The summed E-state index contributed by atoms with van der Waals surface area (Å²) in [5.74, 6) is 0.574. The monoisotopic (exact) mass is 189 g/mol. The number of hydrogen-bond donors (Lipinski definition) is 1. The minimum atomic E-state index is 0.0775. The van der Waals surface area contributed by atoms with Crippen LogP contribution in [0.5, 0.6) is 0 Å². The molecule has 0 saturated carbocycles. The van der Waals surface area contributed by atoms with Gasteiger partial charge in [-0.1, -0.05) is 26.0 Å². The van der Waals surface area contributed by atoms with Crippen molar-refractivity contribution >= 4 is 5.91 Å². The maximum Gasteiger partial charge on any atom is 0.251 e. The number of carbonyl (C=O) groups excluding carboxylic acids is 1. The molecule has 0 unspecified atom stereocenters. The minimum absolute atomic E-state index is 0.0775. The third kappa shape index (κ3) is 1.41. The Labute approximate surface area is 84.3 Å². The molecule has 2 heteroatoms. The van der Waals surface area contributed by atoms with E-state index in [1.807, 2.05) is 12.1 Å². The van der Waals surface area contributed by atoms with E-state index in [0.717, 1.165) is 18.5 Å². The number of amides is 1. The Hall–Kier alpha value is -1.31. The van der Waals surface area contributed by atoms with E-state index in [1.54, 1.807) is 0 Å². The molecular weight excluding hydrogens is 174 g/mol. The van der Waals surface area contributed by atoms with Crippen LogP contribution in [0.2, 0.25) is 0 Å². The van der Waals surface area contributed by atoms with E-state index in [2.05, 4.69) is 25.2 Å². The van der Waals surface area contributed by atoms with Gasteiger partial charge in [-0.2, -0.15) is 0 Å². The second-order valence-electron chi connectivity index (χ2n) is 4.03. The van der Waals surface area contributed by atoms with Gasteiger partial charge < -0.3 is 5.32 Å². The van der Waals surface area contributed by atoms with Crippen molar-refractivity contribution in [1.82, 2.24) is 5.32 Å². The molecule has 0 radical (unpaired) electrons. The molecule has 1 aliphatic rings. The summed E-state index contributed by atoms with van der Waals surface area (Å²) in [4.78, 5) is 11.5. The molecule has 1 aromatic rings. The van der Waals surface area contributed by atoms with Crippen LogP contribution < -0.4 is 5.32 Å². The molecule has 0 atom stereocenters. The Bertz CT molecular complexity index is 369. The van der Waals surface area contributed by atoms with E-state index in [0.29, 0.717) is 5.92 Å². The van der Waals surface area contributed by atoms with Crippen LogP contribution in [0, 0.1) is 0 Å². The molecule has 0 aliphatic carbocycles. The highest BCUT2D eigenvalue weighted by molar-refractivity contribution is 5.97. The standard InChI is InChI=1S/C12H15NO/c1-8(2)9-4-3-5-11-10(9)6-7-13-12(11)14/h3-5,8H,6-7H2,1-2H3,(H,13,14). The lowest BCUT2D eigenvalue weighted by Crippen LogP contribution is -2.32. The summed E-state index contributed by atoms with van der Waals surface area (Å²) in [5, 5.41) is 2.87. The maximum absolute atomic E-state index is 11.5. The van der Waals surface area contributed by atoms with Crippen LogP contribution in [0.1, 0.15) is 41.3 Å². The average molecular weight is 189 g/mol. The first-order valence-corrected chi connectivity index (χ1v) is 5.10. The van der Waals surface area contributed by atoms with Gasteiger partial charge in [-0.15, -0.1) is 0 Å². The highest BCUT2D eigenvalue weighted by Crippen LogP contribution is 2.24. The minimum Gasteiger partial charge on any atom is -0.352 e. The summed E-state index contributed by atoms with van der Waals surface area (Å²) in [6.45, 7) is 5.11.